The molecule has 0 fully saturated rings. The smallest absolute Gasteiger partial charge is 0.314 e. The van der Waals surface area contributed by atoms with Crippen molar-refractivity contribution < 1.29 is 14.3 Å². The molecule has 5 nitrogen and oxygen atoms in total. The average Bonchev–Trinajstić information content (AvgIpc) is 2.77. The number of ketones is 1. The van der Waals surface area contributed by atoms with Gasteiger partial charge < -0.3 is 15.4 Å². The van der Waals surface area contributed by atoms with E-state index in [4.69, 9.17) is 4.74 Å². The second kappa shape index (κ2) is 9.73. The first-order valence-electron chi connectivity index (χ1n) is 9.84. The van der Waals surface area contributed by atoms with Crippen LogP contribution in [0.2, 0.25) is 0 Å². The lowest BCUT2D eigenvalue weighted by atomic mass is 9.94. The molecular formula is C24H26N2O3. The summed E-state index contributed by atoms with van der Waals surface area (Å²) < 4.78 is 5.36. The van der Waals surface area contributed by atoms with E-state index in [1.807, 2.05) is 67.6 Å². The first kappa shape index (κ1) is 20.4. The number of carbonyl (C=O) groups is 2. The fraction of sp³-hybridized carbons (Fsp3) is 0.250. The number of hydrogen-bond donors (Lipinski definition) is 2. The van der Waals surface area contributed by atoms with Gasteiger partial charge in [0.25, 0.3) is 0 Å². The summed E-state index contributed by atoms with van der Waals surface area (Å²) in [6, 6.07) is 18.7. The average molecular weight is 390 g/mol. The number of carbonyl (C=O) groups excluding carboxylic acids is 2. The standard InChI is InChI=1S/C24H26N2O3/c1-3-12-25-24(28)26-13-11-19-15-20(23(27)17-7-5-4-6-8-17)14-18-9-10-21(29-2)16-22(18)19/h4-10,14-16H,3,11-13H2,1-2H3,(H2,25,26,28). The summed E-state index contributed by atoms with van der Waals surface area (Å²) >= 11 is 0. The molecule has 3 aromatic rings. The van der Waals surface area contributed by atoms with Crippen LogP contribution in [0, 0.1) is 0 Å². The van der Waals surface area contributed by atoms with Crippen molar-refractivity contribution in [3.8, 4) is 5.75 Å². The molecule has 2 N–H and O–H groups in total. The van der Waals surface area contributed by atoms with Crippen LogP contribution in [-0.2, 0) is 6.42 Å². The van der Waals surface area contributed by atoms with Crippen molar-refractivity contribution >= 4 is 22.6 Å². The Morgan fingerprint density at radius 3 is 2.38 bits per heavy atom. The summed E-state index contributed by atoms with van der Waals surface area (Å²) in [7, 11) is 1.63. The Hall–Kier alpha value is -3.34. The summed E-state index contributed by atoms with van der Waals surface area (Å²) in [5.41, 5.74) is 2.29. The normalized spacial score (nSPS) is 10.6. The second-order valence-corrected chi connectivity index (χ2v) is 6.85. The largest absolute Gasteiger partial charge is 0.497 e. The number of amides is 2. The zero-order chi connectivity index (χ0) is 20.6. The van der Waals surface area contributed by atoms with Crippen LogP contribution in [0.25, 0.3) is 10.8 Å². The number of nitrogens with one attached hydrogen (secondary N) is 2. The van der Waals surface area contributed by atoms with Crippen LogP contribution < -0.4 is 15.4 Å². The topological polar surface area (TPSA) is 67.4 Å². The van der Waals surface area contributed by atoms with Gasteiger partial charge in [0.15, 0.2) is 5.78 Å². The lowest BCUT2D eigenvalue weighted by Crippen LogP contribution is -2.36. The summed E-state index contributed by atoms with van der Waals surface area (Å²) in [5, 5.41) is 7.66. The summed E-state index contributed by atoms with van der Waals surface area (Å²) in [6.07, 6.45) is 1.50. The third kappa shape index (κ3) is 5.13. The van der Waals surface area contributed by atoms with Crippen molar-refractivity contribution in [2.24, 2.45) is 0 Å². The Kier molecular flexibility index (Phi) is 6.85. The van der Waals surface area contributed by atoms with Gasteiger partial charge in [0.1, 0.15) is 5.75 Å². The first-order chi connectivity index (χ1) is 14.1. The zero-order valence-electron chi connectivity index (χ0n) is 16.8. The monoisotopic (exact) mass is 390 g/mol. The van der Waals surface area contributed by atoms with E-state index in [2.05, 4.69) is 10.6 Å². The maximum Gasteiger partial charge on any atom is 0.314 e. The SMILES string of the molecule is CCCNC(=O)NCCc1cc(C(=O)c2ccccc2)cc2ccc(OC)cc12. The first-order valence-corrected chi connectivity index (χ1v) is 9.84. The molecule has 0 atom stereocenters. The van der Waals surface area contributed by atoms with E-state index >= 15 is 0 Å². The number of hydrogen-bond acceptors (Lipinski definition) is 3. The Morgan fingerprint density at radius 2 is 1.66 bits per heavy atom. The molecule has 2 amide bonds. The molecule has 5 heteroatoms. The molecule has 0 aliphatic rings. The molecule has 0 aliphatic carbocycles. The molecule has 0 aromatic heterocycles. The van der Waals surface area contributed by atoms with Gasteiger partial charge in [0.2, 0.25) is 0 Å². The summed E-state index contributed by atoms with van der Waals surface area (Å²) in [6.45, 7) is 3.13. The van der Waals surface area contributed by atoms with Crippen LogP contribution in [0.4, 0.5) is 4.79 Å². The van der Waals surface area contributed by atoms with Crippen LogP contribution in [0.15, 0.2) is 60.7 Å². The highest BCUT2D eigenvalue weighted by atomic mass is 16.5. The van der Waals surface area contributed by atoms with E-state index in [1.54, 1.807) is 7.11 Å². The van der Waals surface area contributed by atoms with Gasteiger partial charge in [-0.1, -0.05) is 43.3 Å². The highest BCUT2D eigenvalue weighted by Crippen LogP contribution is 2.27. The minimum atomic E-state index is -0.176. The molecule has 0 saturated carbocycles. The van der Waals surface area contributed by atoms with E-state index < -0.39 is 0 Å². The van der Waals surface area contributed by atoms with Crippen molar-refractivity contribution in [2.75, 3.05) is 20.2 Å². The van der Waals surface area contributed by atoms with Crippen molar-refractivity contribution in [3.63, 3.8) is 0 Å². The Labute approximate surface area is 171 Å². The van der Waals surface area contributed by atoms with E-state index in [1.165, 1.54) is 0 Å². The maximum absolute atomic E-state index is 13.0. The number of ether oxygens (including phenoxy) is 1. The molecule has 3 rings (SSSR count). The number of benzene rings is 3. The molecule has 0 bridgehead atoms. The third-order valence-corrected chi connectivity index (χ3v) is 4.76. The highest BCUT2D eigenvalue weighted by Gasteiger charge is 2.13. The van der Waals surface area contributed by atoms with Crippen molar-refractivity contribution in [3.05, 3.63) is 77.4 Å². The van der Waals surface area contributed by atoms with Crippen LogP contribution in [0.5, 0.6) is 5.75 Å². The number of rotatable bonds is 8. The molecule has 0 spiro atoms. The lowest BCUT2D eigenvalue weighted by molar-refractivity contribution is 0.103. The summed E-state index contributed by atoms with van der Waals surface area (Å²) in [5.74, 6) is 0.743. The maximum atomic E-state index is 13.0. The van der Waals surface area contributed by atoms with E-state index in [-0.39, 0.29) is 11.8 Å². The molecule has 0 saturated heterocycles. The van der Waals surface area contributed by atoms with Crippen molar-refractivity contribution in [1.82, 2.24) is 10.6 Å². The number of urea groups is 1. The lowest BCUT2D eigenvalue weighted by Gasteiger charge is -2.12. The van der Waals surface area contributed by atoms with E-state index in [0.29, 0.717) is 30.6 Å². The second-order valence-electron chi connectivity index (χ2n) is 6.85. The molecule has 0 aliphatic heterocycles. The van der Waals surface area contributed by atoms with Crippen LogP contribution in [-0.4, -0.2) is 32.0 Å². The molecule has 0 radical (unpaired) electrons. The van der Waals surface area contributed by atoms with Crippen LogP contribution in [0.1, 0.15) is 34.8 Å². The minimum absolute atomic E-state index is 0.0155. The fourth-order valence-electron chi connectivity index (χ4n) is 3.25. The van der Waals surface area contributed by atoms with Crippen molar-refractivity contribution in [2.45, 2.75) is 19.8 Å². The van der Waals surface area contributed by atoms with Gasteiger partial charge in [-0.25, -0.2) is 4.79 Å². The molecule has 29 heavy (non-hydrogen) atoms. The van der Waals surface area contributed by atoms with Gasteiger partial charge in [-0.05, 0) is 53.4 Å². The highest BCUT2D eigenvalue weighted by molar-refractivity contribution is 6.11. The Morgan fingerprint density at radius 1 is 0.897 bits per heavy atom. The molecular weight excluding hydrogens is 364 g/mol. The van der Waals surface area contributed by atoms with E-state index in [0.717, 1.165) is 28.5 Å². The number of fused-ring (bicyclic) bond motifs is 1. The summed E-state index contributed by atoms with van der Waals surface area (Å²) in [4.78, 5) is 24.8. The minimum Gasteiger partial charge on any atom is -0.497 e. The predicted molar refractivity (Wildman–Crippen MR) is 116 cm³/mol. The van der Waals surface area contributed by atoms with E-state index in [9.17, 15) is 9.59 Å². The van der Waals surface area contributed by atoms with Gasteiger partial charge in [-0.15, -0.1) is 0 Å². The third-order valence-electron chi connectivity index (χ3n) is 4.76. The molecule has 3 aromatic carbocycles. The van der Waals surface area contributed by atoms with Crippen LogP contribution >= 0.6 is 0 Å². The fourth-order valence-corrected chi connectivity index (χ4v) is 3.25. The zero-order valence-corrected chi connectivity index (χ0v) is 16.8. The molecule has 150 valence electrons. The molecule has 0 unspecified atom stereocenters. The van der Waals surface area contributed by atoms with Gasteiger partial charge in [-0.2, -0.15) is 0 Å². The molecule has 0 heterocycles. The van der Waals surface area contributed by atoms with Gasteiger partial charge in [0, 0.05) is 24.2 Å². The van der Waals surface area contributed by atoms with Crippen molar-refractivity contribution in [1.29, 1.82) is 0 Å². The quantitative estimate of drug-likeness (QED) is 0.563. The van der Waals surface area contributed by atoms with Crippen LogP contribution in [0.3, 0.4) is 0 Å². The van der Waals surface area contributed by atoms with Gasteiger partial charge in [-0.3, -0.25) is 4.79 Å². The van der Waals surface area contributed by atoms with Gasteiger partial charge in [0.05, 0.1) is 7.11 Å². The predicted octanol–water partition coefficient (Wildman–Crippen LogP) is 4.33. The Bertz CT molecular complexity index is 1000. The number of methoxy groups -OCH3 is 1. The Balaban J connectivity index is 1.90. The van der Waals surface area contributed by atoms with Gasteiger partial charge >= 0.3 is 6.03 Å².